The number of fused-ring (bicyclic) bond motifs is 1. The van der Waals surface area contributed by atoms with Gasteiger partial charge in [0.2, 0.25) is 11.6 Å². The second-order valence-electron chi connectivity index (χ2n) is 4.46. The van der Waals surface area contributed by atoms with Gasteiger partial charge in [-0.15, -0.1) is 11.3 Å². The Bertz CT molecular complexity index is 903. The van der Waals surface area contributed by atoms with Crippen molar-refractivity contribution in [2.45, 2.75) is 6.18 Å². The summed E-state index contributed by atoms with van der Waals surface area (Å²) in [5.74, 6) is -2.81. The summed E-state index contributed by atoms with van der Waals surface area (Å²) in [4.78, 5) is 19.4. The van der Waals surface area contributed by atoms with Crippen LogP contribution >= 0.6 is 22.9 Å². The first-order chi connectivity index (χ1) is 10.8. The quantitative estimate of drug-likeness (QED) is 0.490. The van der Waals surface area contributed by atoms with Crippen LogP contribution in [0.3, 0.4) is 0 Å². The Hall–Kier alpha value is -2.06. The molecular weight excluding hydrogens is 356 g/mol. The van der Waals surface area contributed by atoms with Gasteiger partial charge in [0.1, 0.15) is 10.6 Å². The van der Waals surface area contributed by atoms with Crippen LogP contribution in [0.1, 0.15) is 21.9 Å². The molecule has 0 aliphatic carbocycles. The van der Waals surface area contributed by atoms with E-state index in [4.69, 9.17) is 11.6 Å². The molecule has 0 saturated carbocycles. The van der Waals surface area contributed by atoms with Gasteiger partial charge in [-0.2, -0.15) is 13.2 Å². The van der Waals surface area contributed by atoms with Gasteiger partial charge in [-0.1, -0.05) is 17.7 Å². The van der Waals surface area contributed by atoms with Crippen LogP contribution in [0.5, 0.6) is 0 Å². The van der Waals surface area contributed by atoms with Gasteiger partial charge in [-0.05, 0) is 23.6 Å². The molecule has 0 atom stereocenters. The van der Waals surface area contributed by atoms with Gasteiger partial charge < -0.3 is 0 Å². The molecule has 9 heteroatoms. The highest BCUT2D eigenvalue weighted by atomic mass is 35.5. The monoisotopic (exact) mass is 360 g/mol. The number of rotatable bonds is 2. The third kappa shape index (κ3) is 2.79. The van der Waals surface area contributed by atoms with E-state index in [1.165, 1.54) is 23.6 Å². The third-order valence-corrected chi connectivity index (χ3v) is 4.11. The molecule has 0 spiro atoms. The van der Waals surface area contributed by atoms with E-state index in [9.17, 15) is 22.4 Å². The maximum atomic E-state index is 13.8. The van der Waals surface area contributed by atoms with Gasteiger partial charge in [0, 0.05) is 5.39 Å². The van der Waals surface area contributed by atoms with Gasteiger partial charge in [0.25, 0.3) is 0 Å². The van der Waals surface area contributed by atoms with E-state index in [1.54, 1.807) is 0 Å². The number of hydrogen-bond donors (Lipinski definition) is 0. The van der Waals surface area contributed by atoms with Gasteiger partial charge in [-0.3, -0.25) is 4.79 Å². The smallest absolute Gasteiger partial charge is 0.285 e. The van der Waals surface area contributed by atoms with Crippen molar-refractivity contribution in [3.05, 3.63) is 57.6 Å². The molecule has 3 rings (SSSR count). The number of alkyl halides is 3. The first-order valence-electron chi connectivity index (χ1n) is 6.10. The summed E-state index contributed by atoms with van der Waals surface area (Å²) >= 11 is 6.69. The zero-order chi connectivity index (χ0) is 16.8. The number of benzene rings is 1. The van der Waals surface area contributed by atoms with E-state index in [0.717, 1.165) is 17.4 Å². The largest absolute Gasteiger partial charge is 0.434 e. The van der Waals surface area contributed by atoms with E-state index in [1.807, 2.05) is 0 Å². The summed E-state index contributed by atoms with van der Waals surface area (Å²) in [5.41, 5.74) is -1.79. The second-order valence-corrected chi connectivity index (χ2v) is 5.76. The Kier molecular flexibility index (Phi) is 3.81. The number of ketones is 1. The maximum absolute atomic E-state index is 13.8. The molecule has 2 heterocycles. The van der Waals surface area contributed by atoms with Crippen LogP contribution in [0, 0.1) is 5.82 Å². The molecule has 0 aliphatic heterocycles. The molecule has 1 aromatic carbocycles. The fraction of sp³-hybridized carbons (Fsp3) is 0.0714. The minimum atomic E-state index is -4.77. The van der Waals surface area contributed by atoms with Gasteiger partial charge in [-0.25, -0.2) is 14.4 Å². The molecule has 3 aromatic rings. The lowest BCUT2D eigenvalue weighted by Crippen LogP contribution is -2.16. The molecule has 0 bridgehead atoms. The molecule has 23 heavy (non-hydrogen) atoms. The Morgan fingerprint density at radius 2 is 1.91 bits per heavy atom. The standard InChI is InChI=1S/C14H5ClF4N2OS/c15-7-2-1-3-8(16)9(7)10(22)12-20-11(14(17,18)19)6-4-5-23-13(6)21-12/h1-5H. The van der Waals surface area contributed by atoms with Crippen molar-refractivity contribution in [2.24, 2.45) is 0 Å². The topological polar surface area (TPSA) is 42.9 Å². The van der Waals surface area contributed by atoms with Crippen molar-refractivity contribution in [2.75, 3.05) is 0 Å². The zero-order valence-corrected chi connectivity index (χ0v) is 12.6. The van der Waals surface area contributed by atoms with Crippen molar-refractivity contribution < 1.29 is 22.4 Å². The summed E-state index contributed by atoms with van der Waals surface area (Å²) in [6.07, 6.45) is -4.77. The summed E-state index contributed by atoms with van der Waals surface area (Å²) in [6.45, 7) is 0. The molecule has 0 saturated heterocycles. The Labute approximate surface area is 135 Å². The first-order valence-corrected chi connectivity index (χ1v) is 7.36. The number of carbonyl (C=O) groups is 1. The van der Waals surface area contributed by atoms with Crippen LogP contribution < -0.4 is 0 Å². The van der Waals surface area contributed by atoms with E-state index < -0.39 is 34.9 Å². The third-order valence-electron chi connectivity index (χ3n) is 2.99. The Morgan fingerprint density at radius 1 is 1.17 bits per heavy atom. The fourth-order valence-corrected chi connectivity index (χ4v) is 3.01. The first kappa shape index (κ1) is 15.8. The normalized spacial score (nSPS) is 11.9. The lowest BCUT2D eigenvalue weighted by atomic mass is 10.1. The van der Waals surface area contributed by atoms with Crippen LogP contribution in [0.25, 0.3) is 10.2 Å². The maximum Gasteiger partial charge on any atom is 0.434 e. The molecule has 2 aromatic heterocycles. The van der Waals surface area contributed by atoms with E-state index in [2.05, 4.69) is 9.97 Å². The van der Waals surface area contributed by atoms with Crippen LogP contribution in [0.4, 0.5) is 17.6 Å². The SMILES string of the molecule is O=C(c1nc(C(F)(F)F)c2ccsc2n1)c1c(F)cccc1Cl. The number of thiophene rings is 1. The van der Waals surface area contributed by atoms with Crippen molar-refractivity contribution in [3.63, 3.8) is 0 Å². The summed E-state index contributed by atoms with van der Waals surface area (Å²) in [5, 5.41) is 0.968. The Morgan fingerprint density at radius 3 is 2.57 bits per heavy atom. The van der Waals surface area contributed by atoms with Crippen molar-refractivity contribution in [1.29, 1.82) is 0 Å². The van der Waals surface area contributed by atoms with Crippen molar-refractivity contribution in [3.8, 4) is 0 Å². The van der Waals surface area contributed by atoms with Crippen LogP contribution in [-0.4, -0.2) is 15.8 Å². The Balaban J connectivity index is 2.23. The fourth-order valence-electron chi connectivity index (χ4n) is 2.00. The number of hydrogen-bond acceptors (Lipinski definition) is 4. The lowest BCUT2D eigenvalue weighted by Gasteiger charge is -2.09. The lowest BCUT2D eigenvalue weighted by molar-refractivity contribution is -0.139. The van der Waals surface area contributed by atoms with E-state index in [-0.39, 0.29) is 15.2 Å². The number of aromatic nitrogens is 2. The van der Waals surface area contributed by atoms with E-state index >= 15 is 0 Å². The molecular formula is C14H5ClF4N2OS. The molecule has 3 nitrogen and oxygen atoms in total. The minimum Gasteiger partial charge on any atom is -0.285 e. The second kappa shape index (κ2) is 5.54. The molecule has 0 unspecified atom stereocenters. The zero-order valence-electron chi connectivity index (χ0n) is 11.0. The predicted molar refractivity (Wildman–Crippen MR) is 77.3 cm³/mol. The van der Waals surface area contributed by atoms with E-state index in [0.29, 0.717) is 0 Å². The van der Waals surface area contributed by atoms with Crippen LogP contribution in [0.15, 0.2) is 29.6 Å². The number of halogens is 5. The molecule has 0 amide bonds. The highest BCUT2D eigenvalue weighted by molar-refractivity contribution is 7.16. The average molecular weight is 361 g/mol. The van der Waals surface area contributed by atoms with Crippen LogP contribution in [-0.2, 0) is 6.18 Å². The highest BCUT2D eigenvalue weighted by Crippen LogP contribution is 2.35. The summed E-state index contributed by atoms with van der Waals surface area (Å²) < 4.78 is 53.1. The predicted octanol–water partition coefficient (Wildman–Crippen LogP) is 4.73. The van der Waals surface area contributed by atoms with Crippen LogP contribution in [0.2, 0.25) is 5.02 Å². The van der Waals surface area contributed by atoms with Gasteiger partial charge in [0.15, 0.2) is 5.69 Å². The molecule has 0 aliphatic rings. The molecule has 0 fully saturated rings. The van der Waals surface area contributed by atoms with Gasteiger partial charge in [0.05, 0.1) is 10.6 Å². The summed E-state index contributed by atoms with van der Waals surface area (Å²) in [7, 11) is 0. The summed E-state index contributed by atoms with van der Waals surface area (Å²) in [6, 6.07) is 4.73. The number of carbonyl (C=O) groups excluding carboxylic acids is 1. The minimum absolute atomic E-state index is 0.0110. The number of nitrogens with zero attached hydrogens (tertiary/aromatic N) is 2. The average Bonchev–Trinajstić information content (AvgIpc) is 2.92. The highest BCUT2D eigenvalue weighted by Gasteiger charge is 2.37. The van der Waals surface area contributed by atoms with Gasteiger partial charge >= 0.3 is 6.18 Å². The van der Waals surface area contributed by atoms with Crippen molar-refractivity contribution >= 4 is 38.9 Å². The van der Waals surface area contributed by atoms with Crippen molar-refractivity contribution in [1.82, 2.24) is 9.97 Å². The molecule has 0 radical (unpaired) electrons. The molecule has 118 valence electrons. The molecule has 0 N–H and O–H groups in total.